The molecule has 8 heteroatoms. The van der Waals surface area contributed by atoms with E-state index in [1.54, 1.807) is 25.1 Å². The maximum atomic E-state index is 13.2. The van der Waals surface area contributed by atoms with Gasteiger partial charge in [-0.15, -0.1) is 0 Å². The summed E-state index contributed by atoms with van der Waals surface area (Å²) in [6, 6.07) is 6.98. The number of amides is 2. The second-order valence-corrected chi connectivity index (χ2v) is 8.14. The average molecular weight is 405 g/mol. The highest BCUT2D eigenvalue weighted by atomic mass is 35.5. The zero-order valence-electron chi connectivity index (χ0n) is 15.5. The lowest BCUT2D eigenvalue weighted by Gasteiger charge is -2.41. The molecule has 142 valence electrons. The maximum absolute atomic E-state index is 13.2. The average Bonchev–Trinajstić information content (AvgIpc) is 2.79. The molecule has 1 aromatic carbocycles. The van der Waals surface area contributed by atoms with Crippen LogP contribution in [0.25, 0.3) is 0 Å². The van der Waals surface area contributed by atoms with Crippen LogP contribution in [0.4, 0.5) is 5.69 Å². The number of hydrogen-bond acceptors (Lipinski definition) is 4. The first-order valence-corrected chi connectivity index (χ1v) is 9.60. The molecule has 1 aromatic rings. The highest BCUT2D eigenvalue weighted by Crippen LogP contribution is 2.37. The first-order chi connectivity index (χ1) is 12.7. The van der Waals surface area contributed by atoms with E-state index in [9.17, 15) is 9.59 Å². The monoisotopic (exact) mass is 404 g/mol. The molecule has 2 aliphatic heterocycles. The lowest BCUT2D eigenvalue weighted by Crippen LogP contribution is -2.54. The fraction of sp³-hybridized carbons (Fsp3) is 0.474. The lowest BCUT2D eigenvalue weighted by atomic mass is 9.96. The van der Waals surface area contributed by atoms with E-state index in [-0.39, 0.29) is 22.9 Å². The van der Waals surface area contributed by atoms with E-state index in [1.807, 2.05) is 29.7 Å². The molecule has 0 N–H and O–H groups in total. The molecule has 0 spiro atoms. The van der Waals surface area contributed by atoms with Gasteiger partial charge < -0.3 is 9.80 Å². The van der Waals surface area contributed by atoms with Crippen molar-refractivity contribution in [1.29, 1.82) is 5.26 Å². The van der Waals surface area contributed by atoms with Crippen molar-refractivity contribution in [3.8, 4) is 6.07 Å². The van der Waals surface area contributed by atoms with Crippen LogP contribution in [-0.2, 0) is 9.59 Å². The molecule has 2 amide bonds. The van der Waals surface area contributed by atoms with Crippen LogP contribution in [0.1, 0.15) is 39.2 Å². The van der Waals surface area contributed by atoms with Crippen molar-refractivity contribution in [2.45, 2.75) is 45.2 Å². The Morgan fingerprint density at radius 2 is 1.96 bits per heavy atom. The Balaban J connectivity index is 1.89. The molecular formula is C19H21ClN4O2S. The Labute approximate surface area is 169 Å². The molecule has 0 saturated carbocycles. The van der Waals surface area contributed by atoms with Gasteiger partial charge in [0.25, 0.3) is 5.91 Å². The van der Waals surface area contributed by atoms with E-state index in [1.165, 1.54) is 4.90 Å². The fourth-order valence-corrected chi connectivity index (χ4v) is 4.61. The first kappa shape index (κ1) is 19.6. The zero-order chi connectivity index (χ0) is 19.9. The number of nitriles is 1. The molecule has 0 bridgehead atoms. The van der Waals surface area contributed by atoms with Gasteiger partial charge in [0.1, 0.15) is 11.6 Å². The smallest absolute Gasteiger partial charge is 0.258 e. The van der Waals surface area contributed by atoms with Crippen molar-refractivity contribution in [2.75, 3.05) is 18.0 Å². The highest BCUT2D eigenvalue weighted by Gasteiger charge is 2.52. The molecule has 0 aliphatic carbocycles. The number of rotatable bonds is 2. The number of anilines is 1. The Morgan fingerprint density at radius 3 is 2.48 bits per heavy atom. The minimum atomic E-state index is -0.791. The van der Waals surface area contributed by atoms with E-state index in [0.29, 0.717) is 29.5 Å². The molecule has 6 nitrogen and oxygen atoms in total. The Bertz CT molecular complexity index is 856. The minimum absolute atomic E-state index is 0.0710. The van der Waals surface area contributed by atoms with Crippen molar-refractivity contribution < 1.29 is 9.59 Å². The molecule has 2 fully saturated rings. The number of carbonyl (C=O) groups is 2. The van der Waals surface area contributed by atoms with E-state index < -0.39 is 5.54 Å². The Kier molecular flexibility index (Phi) is 5.15. The van der Waals surface area contributed by atoms with Crippen molar-refractivity contribution >= 4 is 46.4 Å². The van der Waals surface area contributed by atoms with Crippen LogP contribution in [0.3, 0.4) is 0 Å². The van der Waals surface area contributed by atoms with Crippen LogP contribution in [-0.4, -0.2) is 51.4 Å². The van der Waals surface area contributed by atoms with E-state index in [4.69, 9.17) is 29.1 Å². The number of halogens is 1. The highest BCUT2D eigenvalue weighted by molar-refractivity contribution is 7.80. The summed E-state index contributed by atoms with van der Waals surface area (Å²) >= 11 is 11.8. The van der Waals surface area contributed by atoms with Gasteiger partial charge in [-0.1, -0.05) is 11.6 Å². The third-order valence-corrected chi connectivity index (χ3v) is 6.02. The van der Waals surface area contributed by atoms with Gasteiger partial charge in [-0.05, 0) is 57.1 Å². The van der Waals surface area contributed by atoms with E-state index in [0.717, 1.165) is 12.8 Å². The van der Waals surface area contributed by atoms with Crippen LogP contribution in [0.5, 0.6) is 0 Å². The van der Waals surface area contributed by atoms with Crippen LogP contribution in [0.15, 0.2) is 18.2 Å². The maximum Gasteiger partial charge on any atom is 0.258 e. The van der Waals surface area contributed by atoms with Gasteiger partial charge in [0, 0.05) is 26.1 Å². The molecular weight excluding hydrogens is 384 g/mol. The lowest BCUT2D eigenvalue weighted by molar-refractivity contribution is -0.131. The summed E-state index contributed by atoms with van der Waals surface area (Å²) in [5.74, 6) is -0.0519. The summed E-state index contributed by atoms with van der Waals surface area (Å²) in [6.45, 7) is 6.62. The standard InChI is InChI=1S/C19H21ClN4O2S/c1-12(25)22-8-6-14(7-9-22)24-18(27)23(17(26)19(24,2)3)15-5-4-13(11-21)16(20)10-15/h4-5,10,14H,6-9H2,1-3H3. The van der Waals surface area contributed by atoms with E-state index >= 15 is 0 Å². The zero-order valence-corrected chi connectivity index (χ0v) is 17.1. The Hall–Kier alpha value is -2.17. The molecule has 27 heavy (non-hydrogen) atoms. The van der Waals surface area contributed by atoms with Crippen molar-refractivity contribution in [1.82, 2.24) is 9.80 Å². The SMILES string of the molecule is CC(=O)N1CCC(N2C(=S)N(c3ccc(C#N)c(Cl)c3)C(=O)C2(C)C)CC1. The normalized spacial score (nSPS) is 20.2. The van der Waals surface area contributed by atoms with Crippen LogP contribution in [0.2, 0.25) is 5.02 Å². The number of thiocarbonyl (C=S) groups is 1. The van der Waals surface area contributed by atoms with Gasteiger partial charge >= 0.3 is 0 Å². The number of nitrogens with zero attached hydrogens (tertiary/aromatic N) is 4. The Morgan fingerprint density at radius 1 is 1.33 bits per heavy atom. The second-order valence-electron chi connectivity index (χ2n) is 7.37. The number of hydrogen-bond donors (Lipinski definition) is 0. The van der Waals surface area contributed by atoms with Gasteiger partial charge in [-0.3, -0.25) is 14.5 Å². The largest absolute Gasteiger partial charge is 0.343 e. The number of likely N-dealkylation sites (tertiary alicyclic amines) is 1. The van der Waals surface area contributed by atoms with Gasteiger partial charge in [-0.25, -0.2) is 0 Å². The topological polar surface area (TPSA) is 67.7 Å². The van der Waals surface area contributed by atoms with Gasteiger partial charge in [0.05, 0.1) is 16.3 Å². The summed E-state index contributed by atoms with van der Waals surface area (Å²) < 4.78 is 0. The van der Waals surface area contributed by atoms with Crippen molar-refractivity contribution in [3.05, 3.63) is 28.8 Å². The number of piperidine rings is 1. The summed E-state index contributed by atoms with van der Waals surface area (Å²) in [5, 5.41) is 9.78. The molecule has 2 heterocycles. The second kappa shape index (κ2) is 7.10. The van der Waals surface area contributed by atoms with E-state index in [2.05, 4.69) is 0 Å². The quantitative estimate of drug-likeness (QED) is 0.709. The van der Waals surface area contributed by atoms with Crippen LogP contribution >= 0.6 is 23.8 Å². The third-order valence-electron chi connectivity index (χ3n) is 5.33. The molecule has 3 rings (SSSR count). The summed E-state index contributed by atoms with van der Waals surface area (Å²) in [5.41, 5.74) is 0.122. The summed E-state index contributed by atoms with van der Waals surface area (Å²) in [4.78, 5) is 30.1. The first-order valence-electron chi connectivity index (χ1n) is 8.81. The van der Waals surface area contributed by atoms with Gasteiger partial charge in [0.2, 0.25) is 5.91 Å². The van der Waals surface area contributed by atoms with Gasteiger partial charge in [-0.2, -0.15) is 5.26 Å². The van der Waals surface area contributed by atoms with Crippen molar-refractivity contribution in [3.63, 3.8) is 0 Å². The third kappa shape index (κ3) is 3.28. The fourth-order valence-electron chi connectivity index (χ4n) is 3.82. The van der Waals surface area contributed by atoms with Gasteiger partial charge in [0.15, 0.2) is 5.11 Å². The summed E-state index contributed by atoms with van der Waals surface area (Å²) in [7, 11) is 0. The van der Waals surface area contributed by atoms with Crippen LogP contribution < -0.4 is 4.90 Å². The van der Waals surface area contributed by atoms with Crippen molar-refractivity contribution in [2.24, 2.45) is 0 Å². The molecule has 0 radical (unpaired) electrons. The molecule has 0 unspecified atom stereocenters. The minimum Gasteiger partial charge on any atom is -0.343 e. The van der Waals surface area contributed by atoms with Crippen LogP contribution in [0, 0.1) is 11.3 Å². The predicted molar refractivity (Wildman–Crippen MR) is 107 cm³/mol. The summed E-state index contributed by atoms with van der Waals surface area (Å²) in [6.07, 6.45) is 1.52. The predicted octanol–water partition coefficient (Wildman–Crippen LogP) is 2.93. The molecule has 2 saturated heterocycles. The number of benzene rings is 1. The molecule has 2 aliphatic rings. The molecule has 0 atom stereocenters. The molecule has 0 aromatic heterocycles. The number of carbonyl (C=O) groups excluding carboxylic acids is 2.